The molecule has 0 bridgehead atoms. The van der Waals surface area contributed by atoms with E-state index >= 15 is 0 Å². The van der Waals surface area contributed by atoms with E-state index in [0.29, 0.717) is 6.42 Å². The molecule has 6 heteroatoms. The van der Waals surface area contributed by atoms with E-state index in [9.17, 15) is 9.59 Å². The average Bonchev–Trinajstić information content (AvgIpc) is 2.04. The van der Waals surface area contributed by atoms with Crippen molar-refractivity contribution in [1.29, 1.82) is 0 Å². The van der Waals surface area contributed by atoms with E-state index < -0.39 is 11.9 Å². The van der Waals surface area contributed by atoms with Crippen molar-refractivity contribution in [1.82, 2.24) is 10.5 Å². The number of primary amides is 1. The van der Waals surface area contributed by atoms with Crippen LogP contribution in [0.15, 0.2) is 0 Å². The molecule has 0 aliphatic rings. The zero-order valence-electron chi connectivity index (χ0n) is 6.96. The minimum absolute atomic E-state index is 0.185. The molecule has 0 aromatic rings. The summed E-state index contributed by atoms with van der Waals surface area (Å²) >= 11 is 0. The Morgan fingerprint density at radius 2 is 2.17 bits per heavy atom. The molecule has 1 unspecified atom stereocenters. The summed E-state index contributed by atoms with van der Waals surface area (Å²) < 4.78 is 0. The largest absolute Gasteiger partial charge is 0.409 e. The number of nitrogens with one attached hydrogen (secondary N) is 2. The van der Waals surface area contributed by atoms with Crippen molar-refractivity contribution in [3.05, 3.63) is 0 Å². The summed E-state index contributed by atoms with van der Waals surface area (Å²) in [4.78, 5) is 21.3. The van der Waals surface area contributed by atoms with Crippen molar-refractivity contribution in [2.75, 3.05) is 7.05 Å². The standard InChI is InChI=1S/C6H12BN3O2/c1-9-4(6(8)12)2-3-5(11)10-7/h4,9H,2-3H2,1H3,(H2,8,12)(H,10,11). The maximum Gasteiger partial charge on any atom is 0.234 e. The Labute approximate surface area is 72.5 Å². The Morgan fingerprint density at radius 1 is 1.58 bits per heavy atom. The first-order valence-corrected chi connectivity index (χ1v) is 3.57. The van der Waals surface area contributed by atoms with Gasteiger partial charge in [0.15, 0.2) is 0 Å². The quantitative estimate of drug-likeness (QED) is 0.417. The van der Waals surface area contributed by atoms with Gasteiger partial charge in [0.1, 0.15) is 0 Å². The van der Waals surface area contributed by atoms with E-state index in [1.54, 1.807) is 7.05 Å². The molecule has 2 radical (unpaired) electrons. The fourth-order valence-electron chi connectivity index (χ4n) is 0.776. The second-order valence-electron chi connectivity index (χ2n) is 2.35. The van der Waals surface area contributed by atoms with E-state index in [1.165, 1.54) is 0 Å². The van der Waals surface area contributed by atoms with Crippen molar-refractivity contribution in [3.63, 3.8) is 0 Å². The maximum atomic E-state index is 10.6. The number of carbonyl (C=O) groups is 2. The highest BCUT2D eigenvalue weighted by Crippen LogP contribution is 1.95. The van der Waals surface area contributed by atoms with Gasteiger partial charge in [-0.3, -0.25) is 9.59 Å². The monoisotopic (exact) mass is 169 g/mol. The molecule has 2 amide bonds. The van der Waals surface area contributed by atoms with Gasteiger partial charge in [-0.1, -0.05) is 0 Å². The van der Waals surface area contributed by atoms with Crippen LogP contribution in [0.25, 0.3) is 0 Å². The predicted molar refractivity (Wildman–Crippen MR) is 45.2 cm³/mol. The molecule has 0 aromatic carbocycles. The summed E-state index contributed by atoms with van der Waals surface area (Å²) in [7, 11) is 6.45. The van der Waals surface area contributed by atoms with Crippen LogP contribution >= 0.6 is 0 Å². The molecule has 12 heavy (non-hydrogen) atoms. The van der Waals surface area contributed by atoms with Crippen LogP contribution in [-0.2, 0) is 9.59 Å². The number of amides is 2. The van der Waals surface area contributed by atoms with E-state index in [2.05, 4.69) is 5.32 Å². The fraction of sp³-hybridized carbons (Fsp3) is 0.667. The topological polar surface area (TPSA) is 84.2 Å². The van der Waals surface area contributed by atoms with Gasteiger partial charge in [-0.15, -0.1) is 0 Å². The minimum Gasteiger partial charge on any atom is -0.409 e. The van der Waals surface area contributed by atoms with E-state index in [0.717, 1.165) is 0 Å². The van der Waals surface area contributed by atoms with Crippen LogP contribution in [0.5, 0.6) is 0 Å². The van der Waals surface area contributed by atoms with E-state index in [4.69, 9.17) is 13.7 Å². The normalized spacial score (nSPS) is 12.1. The maximum absolute atomic E-state index is 10.6. The molecule has 4 N–H and O–H groups in total. The molecule has 0 aliphatic heterocycles. The van der Waals surface area contributed by atoms with Crippen LogP contribution in [0.3, 0.4) is 0 Å². The third-order valence-electron chi connectivity index (χ3n) is 1.51. The molecule has 5 nitrogen and oxygen atoms in total. The second kappa shape index (κ2) is 5.59. The van der Waals surface area contributed by atoms with Gasteiger partial charge in [0.2, 0.25) is 19.8 Å². The number of hydrogen-bond donors (Lipinski definition) is 3. The molecule has 0 saturated heterocycles. The van der Waals surface area contributed by atoms with Crippen LogP contribution in [0.4, 0.5) is 0 Å². The lowest BCUT2D eigenvalue weighted by atomic mass is 10.1. The Morgan fingerprint density at radius 3 is 2.50 bits per heavy atom. The van der Waals surface area contributed by atoms with Crippen molar-refractivity contribution >= 4 is 19.8 Å². The lowest BCUT2D eigenvalue weighted by molar-refractivity contribution is -0.121. The first-order chi connectivity index (χ1) is 5.61. The molecule has 0 rings (SSSR count). The minimum atomic E-state index is -0.470. The van der Waals surface area contributed by atoms with Gasteiger partial charge < -0.3 is 16.3 Å². The average molecular weight is 169 g/mol. The van der Waals surface area contributed by atoms with E-state index in [-0.39, 0.29) is 12.3 Å². The summed E-state index contributed by atoms with van der Waals surface area (Å²) in [6, 6.07) is -0.470. The highest BCUT2D eigenvalue weighted by molar-refractivity contribution is 6.14. The molecule has 0 aliphatic carbocycles. The van der Waals surface area contributed by atoms with Gasteiger partial charge in [-0.05, 0) is 13.5 Å². The zero-order chi connectivity index (χ0) is 9.56. The van der Waals surface area contributed by atoms with E-state index in [1.807, 2.05) is 5.23 Å². The van der Waals surface area contributed by atoms with Gasteiger partial charge in [-0.2, -0.15) is 0 Å². The Balaban J connectivity index is 3.73. The Hall–Kier alpha value is -1.04. The molecule has 0 saturated carbocycles. The summed E-state index contributed by atoms with van der Waals surface area (Å²) in [5, 5.41) is 4.65. The van der Waals surface area contributed by atoms with Crippen molar-refractivity contribution in [2.45, 2.75) is 18.9 Å². The van der Waals surface area contributed by atoms with Crippen LogP contribution in [-0.4, -0.2) is 32.9 Å². The second-order valence-corrected chi connectivity index (χ2v) is 2.35. The Kier molecular flexibility index (Phi) is 5.11. The molecule has 1 atom stereocenters. The Bertz CT molecular complexity index is 174. The summed E-state index contributed by atoms with van der Waals surface area (Å²) in [5.74, 6) is -0.779. The van der Waals surface area contributed by atoms with Gasteiger partial charge in [0, 0.05) is 6.42 Å². The SMILES string of the molecule is [B]NC(=O)CCC(NC)C(N)=O. The number of likely N-dealkylation sites (N-methyl/N-ethyl adjacent to an activating group) is 1. The van der Waals surface area contributed by atoms with Gasteiger partial charge in [0.25, 0.3) is 0 Å². The number of rotatable bonds is 5. The van der Waals surface area contributed by atoms with Crippen molar-refractivity contribution in [2.24, 2.45) is 5.73 Å². The molecule has 0 spiro atoms. The zero-order valence-corrected chi connectivity index (χ0v) is 6.96. The number of nitrogens with two attached hydrogens (primary N) is 1. The first-order valence-electron chi connectivity index (χ1n) is 3.57. The molecule has 66 valence electrons. The fourth-order valence-corrected chi connectivity index (χ4v) is 0.776. The molecular weight excluding hydrogens is 157 g/mol. The van der Waals surface area contributed by atoms with Crippen LogP contribution in [0, 0.1) is 0 Å². The first kappa shape index (κ1) is 11.0. The summed E-state index contributed by atoms with van der Waals surface area (Å²) in [6.45, 7) is 0. The van der Waals surface area contributed by atoms with Gasteiger partial charge in [-0.25, -0.2) is 0 Å². The lowest BCUT2D eigenvalue weighted by Crippen LogP contribution is -2.40. The van der Waals surface area contributed by atoms with Crippen molar-refractivity contribution < 1.29 is 9.59 Å². The predicted octanol–water partition coefficient (Wildman–Crippen LogP) is -1.96. The summed E-state index contributed by atoms with van der Waals surface area (Å²) in [5.41, 5.74) is 5.01. The van der Waals surface area contributed by atoms with Crippen LogP contribution < -0.4 is 16.3 Å². The smallest absolute Gasteiger partial charge is 0.234 e. The number of carbonyl (C=O) groups excluding carboxylic acids is 2. The summed E-state index contributed by atoms with van der Waals surface area (Å²) in [6.07, 6.45) is 0.541. The van der Waals surface area contributed by atoms with Crippen molar-refractivity contribution in [3.8, 4) is 0 Å². The molecule has 0 heterocycles. The molecule has 0 aromatic heterocycles. The highest BCUT2D eigenvalue weighted by atomic mass is 16.2. The van der Waals surface area contributed by atoms with Gasteiger partial charge >= 0.3 is 0 Å². The van der Waals surface area contributed by atoms with Gasteiger partial charge in [0.05, 0.1) is 6.04 Å². The number of hydrogen-bond acceptors (Lipinski definition) is 3. The molecule has 0 fully saturated rings. The third-order valence-corrected chi connectivity index (χ3v) is 1.51. The lowest BCUT2D eigenvalue weighted by Gasteiger charge is -2.10. The third kappa shape index (κ3) is 3.97. The van der Waals surface area contributed by atoms with Crippen LogP contribution in [0.2, 0.25) is 0 Å². The highest BCUT2D eigenvalue weighted by Gasteiger charge is 2.13. The van der Waals surface area contributed by atoms with Crippen LogP contribution in [0.1, 0.15) is 12.8 Å². The molecular formula is C6H12BN3O2.